The van der Waals surface area contributed by atoms with Gasteiger partial charge < -0.3 is 9.84 Å². The van der Waals surface area contributed by atoms with Crippen molar-refractivity contribution in [1.29, 1.82) is 0 Å². The zero-order valence-corrected chi connectivity index (χ0v) is 10.5. The molecule has 18 heavy (non-hydrogen) atoms. The minimum atomic E-state index is -0.968. The Morgan fingerprint density at radius 3 is 3.28 bits per heavy atom. The van der Waals surface area contributed by atoms with Gasteiger partial charge in [0.25, 0.3) is 0 Å². The number of carboxylic acids is 1. The molecule has 1 atom stereocenters. The minimum absolute atomic E-state index is 0.148. The summed E-state index contributed by atoms with van der Waals surface area (Å²) in [5.41, 5.74) is 0.911. The summed E-state index contributed by atoms with van der Waals surface area (Å²) < 4.78 is 5.57. The van der Waals surface area contributed by atoms with Crippen molar-refractivity contribution in [3.05, 3.63) is 29.6 Å². The van der Waals surface area contributed by atoms with Crippen LogP contribution in [0.15, 0.2) is 18.3 Å². The topological polar surface area (TPSA) is 62.7 Å². The molecule has 2 heterocycles. The Balaban J connectivity index is 2.10. The molecule has 0 aromatic carbocycles. The maximum Gasteiger partial charge on any atom is 0.354 e. The Kier molecular flexibility index (Phi) is 4.28. The van der Waals surface area contributed by atoms with Crippen LogP contribution >= 0.6 is 0 Å². The number of aromatic nitrogens is 1. The van der Waals surface area contributed by atoms with E-state index < -0.39 is 5.97 Å². The van der Waals surface area contributed by atoms with Crippen LogP contribution in [0, 0.1) is 0 Å². The van der Waals surface area contributed by atoms with Crippen LogP contribution in [0.1, 0.15) is 29.4 Å². The van der Waals surface area contributed by atoms with Gasteiger partial charge in [-0.15, -0.1) is 0 Å². The number of nitrogens with zero attached hydrogens (tertiary/aromatic N) is 2. The van der Waals surface area contributed by atoms with E-state index in [2.05, 4.69) is 9.88 Å². The van der Waals surface area contributed by atoms with E-state index in [0.717, 1.165) is 31.7 Å². The van der Waals surface area contributed by atoms with E-state index in [4.69, 9.17) is 9.84 Å². The van der Waals surface area contributed by atoms with Gasteiger partial charge in [-0.2, -0.15) is 0 Å². The monoisotopic (exact) mass is 250 g/mol. The highest BCUT2D eigenvalue weighted by Gasteiger charge is 2.18. The third-order valence-electron chi connectivity index (χ3n) is 3.02. The second kappa shape index (κ2) is 5.93. The Labute approximate surface area is 106 Å². The fourth-order valence-corrected chi connectivity index (χ4v) is 2.22. The zero-order chi connectivity index (χ0) is 13.0. The summed E-state index contributed by atoms with van der Waals surface area (Å²) in [6.45, 7) is 5.19. The maximum atomic E-state index is 11.1. The van der Waals surface area contributed by atoms with E-state index in [1.807, 2.05) is 13.0 Å². The van der Waals surface area contributed by atoms with E-state index >= 15 is 0 Å². The van der Waals surface area contributed by atoms with Crippen molar-refractivity contribution < 1.29 is 14.6 Å². The molecule has 5 nitrogen and oxygen atoms in total. The van der Waals surface area contributed by atoms with Gasteiger partial charge in [0, 0.05) is 32.4 Å². The maximum absolute atomic E-state index is 11.1. The number of carbonyl (C=O) groups is 1. The molecule has 1 aromatic rings. The summed E-state index contributed by atoms with van der Waals surface area (Å²) in [6, 6.07) is 3.60. The fraction of sp³-hybridized carbons (Fsp3) is 0.538. The van der Waals surface area contributed by atoms with Gasteiger partial charge in [0.2, 0.25) is 0 Å². The van der Waals surface area contributed by atoms with Crippen LogP contribution in [0.25, 0.3) is 0 Å². The average molecular weight is 250 g/mol. The lowest BCUT2D eigenvalue weighted by Crippen LogP contribution is -2.30. The number of rotatable bonds is 3. The third-order valence-corrected chi connectivity index (χ3v) is 3.02. The molecule has 0 aliphatic carbocycles. The molecule has 1 N–H and O–H groups in total. The molecule has 0 radical (unpaired) electrons. The summed E-state index contributed by atoms with van der Waals surface area (Å²) in [5, 5.41) is 9.10. The Hall–Kier alpha value is -1.46. The van der Waals surface area contributed by atoms with Gasteiger partial charge in [0.15, 0.2) is 5.69 Å². The Morgan fingerprint density at radius 1 is 1.67 bits per heavy atom. The summed E-state index contributed by atoms with van der Waals surface area (Å²) in [5.74, 6) is -0.968. The number of hydrogen-bond acceptors (Lipinski definition) is 4. The highest BCUT2D eigenvalue weighted by atomic mass is 16.5. The molecule has 5 heteroatoms. The molecule has 0 spiro atoms. The van der Waals surface area contributed by atoms with Crippen LogP contribution in [0.3, 0.4) is 0 Å². The van der Waals surface area contributed by atoms with E-state index in [1.54, 1.807) is 6.07 Å². The first kappa shape index (κ1) is 13.0. The molecule has 1 fully saturated rings. The van der Waals surface area contributed by atoms with E-state index in [1.165, 1.54) is 6.20 Å². The molecule has 1 aromatic heterocycles. The smallest absolute Gasteiger partial charge is 0.354 e. The molecule has 1 aliphatic heterocycles. The van der Waals surface area contributed by atoms with E-state index in [9.17, 15) is 4.79 Å². The number of pyridine rings is 1. The fourth-order valence-electron chi connectivity index (χ4n) is 2.22. The van der Waals surface area contributed by atoms with Crippen LogP contribution in [0.4, 0.5) is 0 Å². The second-order valence-corrected chi connectivity index (χ2v) is 4.59. The second-order valence-electron chi connectivity index (χ2n) is 4.59. The van der Waals surface area contributed by atoms with Crippen LogP contribution in [0.5, 0.6) is 0 Å². The van der Waals surface area contributed by atoms with E-state index in [0.29, 0.717) is 6.54 Å². The van der Waals surface area contributed by atoms with Crippen molar-refractivity contribution in [2.75, 3.05) is 19.7 Å². The van der Waals surface area contributed by atoms with Crippen molar-refractivity contribution in [2.24, 2.45) is 0 Å². The molecule has 1 aliphatic rings. The van der Waals surface area contributed by atoms with Gasteiger partial charge in [0.1, 0.15) is 0 Å². The molecular weight excluding hydrogens is 232 g/mol. The molecule has 0 amide bonds. The zero-order valence-electron chi connectivity index (χ0n) is 10.5. The predicted molar refractivity (Wildman–Crippen MR) is 66.5 cm³/mol. The van der Waals surface area contributed by atoms with Crippen molar-refractivity contribution >= 4 is 5.97 Å². The standard InChI is InChI=1S/C13H18N2O3/c1-10-8-15(6-3-7-18-10)9-11-4-2-5-14-12(11)13(16)17/h2,4-5,10H,3,6-9H2,1H3,(H,16,17). The lowest BCUT2D eigenvalue weighted by molar-refractivity contribution is 0.0660. The summed E-state index contributed by atoms with van der Waals surface area (Å²) in [4.78, 5) is 17.2. The Bertz CT molecular complexity index is 422. The molecule has 2 rings (SSSR count). The number of aromatic carboxylic acids is 1. The lowest BCUT2D eigenvalue weighted by Gasteiger charge is -2.22. The van der Waals surface area contributed by atoms with Gasteiger partial charge in [-0.05, 0) is 25.0 Å². The van der Waals surface area contributed by atoms with Crippen LogP contribution in [0.2, 0.25) is 0 Å². The SMILES string of the molecule is CC1CN(Cc2cccnc2C(=O)O)CCCO1. The van der Waals surface area contributed by atoms with Crippen molar-refractivity contribution in [1.82, 2.24) is 9.88 Å². The first-order chi connectivity index (χ1) is 8.66. The molecule has 1 unspecified atom stereocenters. The van der Waals surface area contributed by atoms with Gasteiger partial charge >= 0.3 is 5.97 Å². The van der Waals surface area contributed by atoms with Crippen molar-refractivity contribution in [3.8, 4) is 0 Å². The van der Waals surface area contributed by atoms with Crippen LogP contribution in [-0.2, 0) is 11.3 Å². The highest BCUT2D eigenvalue weighted by molar-refractivity contribution is 5.86. The van der Waals surface area contributed by atoms with Gasteiger partial charge in [-0.3, -0.25) is 4.90 Å². The first-order valence-corrected chi connectivity index (χ1v) is 6.18. The largest absolute Gasteiger partial charge is 0.477 e. The average Bonchev–Trinajstić information content (AvgIpc) is 2.54. The summed E-state index contributed by atoms with van der Waals surface area (Å²) >= 11 is 0. The van der Waals surface area contributed by atoms with Gasteiger partial charge in [0.05, 0.1) is 6.10 Å². The van der Waals surface area contributed by atoms with E-state index in [-0.39, 0.29) is 11.8 Å². The van der Waals surface area contributed by atoms with Gasteiger partial charge in [-0.1, -0.05) is 6.07 Å². The summed E-state index contributed by atoms with van der Waals surface area (Å²) in [7, 11) is 0. The Morgan fingerprint density at radius 2 is 2.50 bits per heavy atom. The molecular formula is C13H18N2O3. The molecule has 0 bridgehead atoms. The minimum Gasteiger partial charge on any atom is -0.477 e. The molecule has 0 saturated carbocycles. The van der Waals surface area contributed by atoms with Crippen LogP contribution < -0.4 is 0 Å². The van der Waals surface area contributed by atoms with Crippen LogP contribution in [-0.4, -0.2) is 46.8 Å². The normalized spacial score (nSPS) is 21.5. The first-order valence-electron chi connectivity index (χ1n) is 6.18. The predicted octanol–water partition coefficient (Wildman–Crippen LogP) is 1.39. The highest BCUT2D eigenvalue weighted by Crippen LogP contribution is 2.13. The quantitative estimate of drug-likeness (QED) is 0.878. The van der Waals surface area contributed by atoms with Crippen molar-refractivity contribution in [2.45, 2.75) is 26.0 Å². The third kappa shape index (κ3) is 3.27. The lowest BCUT2D eigenvalue weighted by atomic mass is 10.1. The number of ether oxygens (including phenoxy) is 1. The van der Waals surface area contributed by atoms with Gasteiger partial charge in [-0.25, -0.2) is 9.78 Å². The van der Waals surface area contributed by atoms with Crippen molar-refractivity contribution in [3.63, 3.8) is 0 Å². The molecule has 1 saturated heterocycles. The number of carboxylic acid groups (broad SMARTS) is 1. The molecule has 98 valence electrons. The summed E-state index contributed by atoms with van der Waals surface area (Å²) in [6.07, 6.45) is 2.69. The number of hydrogen-bond donors (Lipinski definition) is 1.